The zero-order valence-electron chi connectivity index (χ0n) is 13.5. The highest BCUT2D eigenvalue weighted by Crippen LogP contribution is 2.47. The van der Waals surface area contributed by atoms with Crippen molar-refractivity contribution in [2.75, 3.05) is 0 Å². The minimum Gasteiger partial charge on any atom is -0.241 e. The van der Waals surface area contributed by atoms with E-state index in [-0.39, 0.29) is 5.41 Å². The predicted octanol–water partition coefficient (Wildman–Crippen LogP) is 5.67. The maximum absolute atomic E-state index is 14.2. The lowest BCUT2D eigenvalue weighted by Gasteiger charge is -2.41. The van der Waals surface area contributed by atoms with Crippen LogP contribution in [0.3, 0.4) is 0 Å². The van der Waals surface area contributed by atoms with Gasteiger partial charge in [0.2, 0.25) is 0 Å². The molecule has 5 unspecified atom stereocenters. The van der Waals surface area contributed by atoms with Crippen LogP contribution in [-0.2, 0) is 0 Å². The van der Waals surface area contributed by atoms with Crippen molar-refractivity contribution in [2.24, 2.45) is 16.7 Å². The van der Waals surface area contributed by atoms with Gasteiger partial charge < -0.3 is 0 Å². The molecule has 5 atom stereocenters. The molecule has 0 bridgehead atoms. The van der Waals surface area contributed by atoms with Gasteiger partial charge in [-0.25, -0.2) is 22.0 Å². The lowest BCUT2D eigenvalue weighted by atomic mass is 9.66. The van der Waals surface area contributed by atoms with Crippen LogP contribution in [0.15, 0.2) is 11.4 Å². The Morgan fingerprint density at radius 1 is 0.857 bits per heavy atom. The van der Waals surface area contributed by atoms with Crippen molar-refractivity contribution in [1.29, 1.82) is 0 Å². The average Bonchev–Trinajstić information content (AvgIpc) is 2.30. The van der Waals surface area contributed by atoms with Gasteiger partial charge in [0.25, 0.3) is 0 Å². The Morgan fingerprint density at radius 2 is 1.29 bits per heavy atom. The van der Waals surface area contributed by atoms with Crippen molar-refractivity contribution in [1.82, 2.24) is 0 Å². The van der Waals surface area contributed by atoms with Crippen LogP contribution < -0.4 is 0 Å². The molecule has 0 radical (unpaired) electrons. The third kappa shape index (κ3) is 3.98. The number of hydrogen-bond acceptors (Lipinski definition) is 0. The summed E-state index contributed by atoms with van der Waals surface area (Å²) in [5.41, 5.74) is -1.41. The van der Waals surface area contributed by atoms with Crippen LogP contribution in [0.25, 0.3) is 0 Å². The van der Waals surface area contributed by atoms with Gasteiger partial charge in [0, 0.05) is 5.57 Å². The Balaban J connectivity index is 3.34. The largest absolute Gasteiger partial charge is 0.241 e. The molecule has 0 spiro atoms. The summed E-state index contributed by atoms with van der Waals surface area (Å²) in [5, 5.41) is 0. The van der Waals surface area contributed by atoms with E-state index >= 15 is 0 Å². The number of rotatable bonds is 2. The van der Waals surface area contributed by atoms with Gasteiger partial charge in [-0.2, -0.15) is 0 Å². The zero-order valence-corrected chi connectivity index (χ0v) is 13.5. The van der Waals surface area contributed by atoms with E-state index in [1.807, 2.05) is 20.8 Å². The number of hydrogen-bond donors (Lipinski definition) is 0. The molecular formula is C16H25F5. The van der Waals surface area contributed by atoms with E-state index in [9.17, 15) is 22.0 Å². The first kappa shape index (κ1) is 18.4. The highest BCUT2D eigenvalue weighted by Gasteiger charge is 2.50. The molecule has 0 N–H and O–H groups in total. The molecule has 0 saturated carbocycles. The Morgan fingerprint density at radius 3 is 1.67 bits per heavy atom. The lowest BCUT2D eigenvalue weighted by molar-refractivity contribution is 0.0171. The maximum atomic E-state index is 14.2. The highest BCUT2D eigenvalue weighted by molar-refractivity contribution is 5.29. The van der Waals surface area contributed by atoms with E-state index in [2.05, 4.69) is 0 Å². The first-order valence-electron chi connectivity index (χ1n) is 7.23. The van der Waals surface area contributed by atoms with E-state index in [1.54, 1.807) is 20.8 Å². The summed E-state index contributed by atoms with van der Waals surface area (Å²) >= 11 is 0. The van der Waals surface area contributed by atoms with Crippen LogP contribution in [0, 0.1) is 16.7 Å². The molecule has 0 fully saturated rings. The maximum Gasteiger partial charge on any atom is 0.185 e. The zero-order chi connectivity index (χ0) is 16.7. The van der Waals surface area contributed by atoms with Gasteiger partial charge >= 0.3 is 0 Å². The summed E-state index contributed by atoms with van der Waals surface area (Å²) in [7, 11) is 0. The quantitative estimate of drug-likeness (QED) is 0.576. The molecule has 124 valence electrons. The van der Waals surface area contributed by atoms with E-state index in [0.29, 0.717) is 6.42 Å². The van der Waals surface area contributed by atoms with Crippen molar-refractivity contribution in [3.05, 3.63) is 11.4 Å². The fourth-order valence-electron chi connectivity index (χ4n) is 2.78. The molecule has 5 heteroatoms. The molecule has 0 aromatic rings. The molecule has 1 aliphatic carbocycles. The fourth-order valence-corrected chi connectivity index (χ4v) is 2.78. The van der Waals surface area contributed by atoms with E-state index in [4.69, 9.17) is 0 Å². The van der Waals surface area contributed by atoms with Crippen LogP contribution in [0.2, 0.25) is 0 Å². The molecule has 0 amide bonds. The molecule has 0 aromatic carbocycles. The summed E-state index contributed by atoms with van der Waals surface area (Å²) in [6.07, 6.45) is -10.2. The van der Waals surface area contributed by atoms with Crippen molar-refractivity contribution in [3.8, 4) is 0 Å². The summed E-state index contributed by atoms with van der Waals surface area (Å²) in [6, 6.07) is 0. The monoisotopic (exact) mass is 312 g/mol. The number of allylic oxidation sites excluding steroid dienone is 2. The second-order valence-corrected chi connectivity index (χ2v) is 8.18. The Bertz CT molecular complexity index is 402. The van der Waals surface area contributed by atoms with Gasteiger partial charge in [0.05, 0.1) is 0 Å². The fraction of sp³-hybridized carbons (Fsp3) is 0.875. The molecule has 1 rings (SSSR count). The minimum atomic E-state index is -2.78. The summed E-state index contributed by atoms with van der Waals surface area (Å²) in [5.74, 6) is -2.16. The van der Waals surface area contributed by atoms with Gasteiger partial charge in [0.15, 0.2) is 24.7 Å². The average molecular weight is 312 g/mol. The first-order valence-corrected chi connectivity index (χ1v) is 7.23. The van der Waals surface area contributed by atoms with Crippen LogP contribution in [0.5, 0.6) is 0 Å². The van der Waals surface area contributed by atoms with Gasteiger partial charge in [-0.3, -0.25) is 0 Å². The summed E-state index contributed by atoms with van der Waals surface area (Å²) in [4.78, 5) is 0. The smallest absolute Gasteiger partial charge is 0.185 e. The van der Waals surface area contributed by atoms with Crippen molar-refractivity contribution in [3.63, 3.8) is 0 Å². The lowest BCUT2D eigenvalue weighted by Crippen LogP contribution is -2.45. The normalized spacial score (nSPS) is 33.3. The van der Waals surface area contributed by atoms with E-state index < -0.39 is 47.4 Å². The van der Waals surface area contributed by atoms with Crippen LogP contribution in [0.4, 0.5) is 22.0 Å². The summed E-state index contributed by atoms with van der Waals surface area (Å²) < 4.78 is 68.8. The van der Waals surface area contributed by atoms with Crippen molar-refractivity contribution >= 4 is 0 Å². The second kappa shape index (κ2) is 5.88. The molecule has 0 aliphatic heterocycles. The minimum absolute atomic E-state index is 0.283. The Kier molecular flexibility index (Phi) is 5.16. The standard InChI is InChI=1S/C16H25F5/c1-15(2,3)7-8(16(4,5)6)9-10(17)12(19)14(21)13(20)11(9)18/h8,10,12-14H,7H2,1-6H3. The SMILES string of the molecule is CC(C)(C)CC(C1=C(F)C(F)C(F)C(F)C1F)C(C)(C)C. The highest BCUT2D eigenvalue weighted by atomic mass is 19.2. The van der Waals surface area contributed by atoms with Gasteiger partial charge in [0.1, 0.15) is 5.83 Å². The van der Waals surface area contributed by atoms with Crippen LogP contribution in [-0.4, -0.2) is 24.7 Å². The van der Waals surface area contributed by atoms with E-state index in [0.717, 1.165) is 0 Å². The van der Waals surface area contributed by atoms with Gasteiger partial charge in [-0.1, -0.05) is 41.5 Å². The molecule has 0 aromatic heterocycles. The Labute approximate surface area is 123 Å². The van der Waals surface area contributed by atoms with Crippen LogP contribution >= 0.6 is 0 Å². The molecule has 0 heterocycles. The first-order chi connectivity index (χ1) is 9.27. The molecule has 0 nitrogen and oxygen atoms in total. The Hall–Kier alpha value is -0.610. The predicted molar refractivity (Wildman–Crippen MR) is 74.7 cm³/mol. The third-order valence-electron chi connectivity index (χ3n) is 3.92. The van der Waals surface area contributed by atoms with Crippen LogP contribution in [0.1, 0.15) is 48.0 Å². The van der Waals surface area contributed by atoms with Crippen molar-refractivity contribution in [2.45, 2.75) is 72.6 Å². The topological polar surface area (TPSA) is 0 Å². The number of alkyl halides is 4. The summed E-state index contributed by atoms with van der Waals surface area (Å²) in [6.45, 7) is 10.9. The van der Waals surface area contributed by atoms with Crippen molar-refractivity contribution < 1.29 is 22.0 Å². The number of halogens is 5. The molecule has 0 saturated heterocycles. The molecule has 1 aliphatic rings. The third-order valence-corrected chi connectivity index (χ3v) is 3.92. The molecular weight excluding hydrogens is 287 g/mol. The molecule has 21 heavy (non-hydrogen) atoms. The van der Waals surface area contributed by atoms with Gasteiger partial charge in [-0.05, 0) is 23.2 Å². The van der Waals surface area contributed by atoms with Gasteiger partial charge in [-0.15, -0.1) is 0 Å². The second-order valence-electron chi connectivity index (χ2n) is 8.18. The van der Waals surface area contributed by atoms with E-state index in [1.165, 1.54) is 0 Å².